The number of benzene rings is 1. The summed E-state index contributed by atoms with van der Waals surface area (Å²) in [6, 6.07) is 2.24. The van der Waals surface area contributed by atoms with Crippen molar-refractivity contribution in [2.75, 3.05) is 5.73 Å². The summed E-state index contributed by atoms with van der Waals surface area (Å²) < 4.78 is 26.3. The highest BCUT2D eigenvalue weighted by molar-refractivity contribution is 7.89. The molecular formula is C10H12Cl2N2O2S. The lowest BCUT2D eigenvalue weighted by molar-refractivity contribution is 0.576. The van der Waals surface area contributed by atoms with Crippen molar-refractivity contribution in [3.05, 3.63) is 34.8 Å². The Kier molecular flexibility index (Phi) is 4.43. The van der Waals surface area contributed by atoms with Crippen molar-refractivity contribution in [1.82, 2.24) is 4.72 Å². The molecule has 0 saturated carbocycles. The lowest BCUT2D eigenvalue weighted by Crippen LogP contribution is -2.31. The first-order valence-electron chi connectivity index (χ1n) is 4.67. The highest BCUT2D eigenvalue weighted by atomic mass is 35.5. The van der Waals surface area contributed by atoms with Gasteiger partial charge in [-0.25, -0.2) is 13.1 Å². The van der Waals surface area contributed by atoms with E-state index in [1.54, 1.807) is 6.92 Å². The molecule has 0 aromatic heterocycles. The molecule has 0 fully saturated rings. The van der Waals surface area contributed by atoms with Gasteiger partial charge in [0.1, 0.15) is 4.90 Å². The van der Waals surface area contributed by atoms with Crippen LogP contribution in [0.3, 0.4) is 0 Å². The molecule has 1 rings (SSSR count). The Bertz CT molecular complexity index is 520. The molecule has 1 unspecified atom stereocenters. The maximum absolute atomic E-state index is 12.0. The van der Waals surface area contributed by atoms with Crippen LogP contribution < -0.4 is 10.5 Å². The zero-order chi connectivity index (χ0) is 13.2. The van der Waals surface area contributed by atoms with Crippen LogP contribution in [0.5, 0.6) is 0 Å². The monoisotopic (exact) mass is 294 g/mol. The van der Waals surface area contributed by atoms with Gasteiger partial charge in [-0.2, -0.15) is 0 Å². The number of nitrogens with one attached hydrogen (secondary N) is 1. The molecule has 0 heterocycles. The predicted molar refractivity (Wildman–Crippen MR) is 70.9 cm³/mol. The molecule has 0 amide bonds. The van der Waals surface area contributed by atoms with Crippen LogP contribution >= 0.6 is 23.2 Å². The van der Waals surface area contributed by atoms with E-state index in [0.29, 0.717) is 5.69 Å². The molecule has 0 aliphatic rings. The second-order valence-corrected chi connectivity index (χ2v) is 5.92. The van der Waals surface area contributed by atoms with Crippen LogP contribution in [0.1, 0.15) is 6.92 Å². The highest BCUT2D eigenvalue weighted by Gasteiger charge is 2.23. The molecule has 4 nitrogen and oxygen atoms in total. The van der Waals surface area contributed by atoms with Crippen LogP contribution in [-0.2, 0) is 10.0 Å². The number of hydrogen-bond acceptors (Lipinski definition) is 3. The minimum Gasteiger partial charge on any atom is -0.399 e. The normalized spacial score (nSPS) is 13.4. The Morgan fingerprint density at radius 3 is 2.29 bits per heavy atom. The van der Waals surface area contributed by atoms with Crippen LogP contribution in [-0.4, -0.2) is 14.5 Å². The topological polar surface area (TPSA) is 72.2 Å². The zero-order valence-corrected chi connectivity index (χ0v) is 11.4. The molecule has 0 aliphatic carbocycles. The van der Waals surface area contributed by atoms with Crippen molar-refractivity contribution in [3.8, 4) is 0 Å². The third kappa shape index (κ3) is 3.35. The van der Waals surface area contributed by atoms with E-state index in [0.717, 1.165) is 0 Å². The number of halogens is 2. The van der Waals surface area contributed by atoms with Crippen molar-refractivity contribution in [1.29, 1.82) is 0 Å². The number of sulfonamides is 1. The van der Waals surface area contributed by atoms with Crippen LogP contribution in [0, 0.1) is 0 Å². The second-order valence-electron chi connectivity index (χ2n) is 3.46. The first kappa shape index (κ1) is 14.3. The molecule has 3 N–H and O–H groups in total. The Labute approximate surface area is 110 Å². The third-order valence-corrected chi connectivity index (χ3v) is 4.46. The minimum atomic E-state index is -3.79. The lowest BCUT2D eigenvalue weighted by atomic mass is 10.3. The van der Waals surface area contributed by atoms with Crippen LogP contribution in [0.25, 0.3) is 0 Å². The van der Waals surface area contributed by atoms with E-state index >= 15 is 0 Å². The van der Waals surface area contributed by atoms with Crippen molar-refractivity contribution in [2.24, 2.45) is 0 Å². The standard InChI is InChI=1S/C10H12Cl2N2O2S/c1-3-6(2)14-17(15,16)10-8(11)4-7(13)5-9(10)12/h3-6,14H,1,13H2,2H3. The van der Waals surface area contributed by atoms with Gasteiger partial charge >= 0.3 is 0 Å². The second kappa shape index (κ2) is 5.27. The SMILES string of the molecule is C=CC(C)NS(=O)(=O)c1c(Cl)cc(N)cc1Cl. The van der Waals surface area contributed by atoms with Gasteiger partial charge in [-0.15, -0.1) is 6.58 Å². The molecule has 0 saturated heterocycles. The van der Waals surface area contributed by atoms with Crippen molar-refractivity contribution < 1.29 is 8.42 Å². The average molecular weight is 295 g/mol. The van der Waals surface area contributed by atoms with Gasteiger partial charge < -0.3 is 5.73 Å². The summed E-state index contributed by atoms with van der Waals surface area (Å²) >= 11 is 11.7. The van der Waals surface area contributed by atoms with Gasteiger partial charge in [0.05, 0.1) is 10.0 Å². The van der Waals surface area contributed by atoms with Gasteiger partial charge in [-0.3, -0.25) is 0 Å². The largest absolute Gasteiger partial charge is 0.399 e. The molecule has 0 radical (unpaired) electrons. The van der Waals surface area contributed by atoms with E-state index < -0.39 is 16.1 Å². The van der Waals surface area contributed by atoms with E-state index in [9.17, 15) is 8.42 Å². The Morgan fingerprint density at radius 2 is 1.88 bits per heavy atom. The van der Waals surface area contributed by atoms with Gasteiger partial charge in [0.25, 0.3) is 0 Å². The first-order chi connectivity index (χ1) is 7.77. The fourth-order valence-electron chi connectivity index (χ4n) is 1.19. The minimum absolute atomic E-state index is 0.0150. The van der Waals surface area contributed by atoms with E-state index in [1.165, 1.54) is 18.2 Å². The van der Waals surface area contributed by atoms with Crippen LogP contribution in [0.2, 0.25) is 10.0 Å². The van der Waals surface area contributed by atoms with Crippen molar-refractivity contribution in [3.63, 3.8) is 0 Å². The number of rotatable bonds is 4. The smallest absolute Gasteiger partial charge is 0.244 e. The highest BCUT2D eigenvalue weighted by Crippen LogP contribution is 2.31. The summed E-state index contributed by atoms with van der Waals surface area (Å²) in [7, 11) is -3.79. The summed E-state index contributed by atoms with van der Waals surface area (Å²) in [6.07, 6.45) is 1.46. The van der Waals surface area contributed by atoms with Gasteiger partial charge in [0, 0.05) is 11.7 Å². The maximum atomic E-state index is 12.0. The quantitative estimate of drug-likeness (QED) is 0.662. The molecule has 7 heteroatoms. The molecule has 1 aromatic carbocycles. The number of nitrogen functional groups attached to an aromatic ring is 1. The van der Waals surface area contributed by atoms with Crippen LogP contribution in [0.4, 0.5) is 5.69 Å². The van der Waals surface area contributed by atoms with E-state index in [1.807, 2.05) is 0 Å². The zero-order valence-electron chi connectivity index (χ0n) is 9.07. The van der Waals surface area contributed by atoms with Gasteiger partial charge in [-0.1, -0.05) is 29.3 Å². The summed E-state index contributed by atoms with van der Waals surface area (Å²) in [4.78, 5) is -0.177. The van der Waals surface area contributed by atoms with Gasteiger partial charge in [0.2, 0.25) is 10.0 Å². The van der Waals surface area contributed by atoms with Crippen LogP contribution in [0.15, 0.2) is 29.7 Å². The Hall–Kier alpha value is -0.750. The first-order valence-corrected chi connectivity index (χ1v) is 6.91. The average Bonchev–Trinajstić information content (AvgIpc) is 2.14. The summed E-state index contributed by atoms with van der Waals surface area (Å²) in [5.41, 5.74) is 5.80. The fourth-order valence-corrected chi connectivity index (χ4v) is 3.64. The molecule has 0 aliphatic heterocycles. The maximum Gasteiger partial charge on any atom is 0.244 e. The molecular weight excluding hydrogens is 283 g/mol. The molecule has 94 valence electrons. The Balaban J connectivity index is 3.29. The van der Waals surface area contributed by atoms with Crippen molar-refractivity contribution >= 4 is 38.9 Å². The molecule has 0 spiro atoms. The van der Waals surface area contributed by atoms with E-state index in [2.05, 4.69) is 11.3 Å². The summed E-state index contributed by atoms with van der Waals surface area (Å²) in [6.45, 7) is 5.13. The third-order valence-electron chi connectivity index (χ3n) is 1.98. The summed E-state index contributed by atoms with van der Waals surface area (Å²) in [5.74, 6) is 0. The van der Waals surface area contributed by atoms with Gasteiger partial charge in [-0.05, 0) is 19.1 Å². The number of anilines is 1. The fraction of sp³-hybridized carbons (Fsp3) is 0.200. The van der Waals surface area contributed by atoms with E-state index in [4.69, 9.17) is 28.9 Å². The van der Waals surface area contributed by atoms with E-state index in [-0.39, 0.29) is 14.9 Å². The Morgan fingerprint density at radius 1 is 1.41 bits per heavy atom. The molecule has 1 atom stereocenters. The van der Waals surface area contributed by atoms with Gasteiger partial charge in [0.15, 0.2) is 0 Å². The summed E-state index contributed by atoms with van der Waals surface area (Å²) in [5, 5.41) is -0.0301. The number of hydrogen-bond donors (Lipinski definition) is 2. The number of nitrogens with two attached hydrogens (primary N) is 1. The molecule has 0 bridgehead atoms. The molecule has 17 heavy (non-hydrogen) atoms. The molecule has 1 aromatic rings. The predicted octanol–water partition coefficient (Wildman–Crippen LogP) is 2.43. The van der Waals surface area contributed by atoms with Crippen molar-refractivity contribution in [2.45, 2.75) is 17.9 Å². The lowest BCUT2D eigenvalue weighted by Gasteiger charge is -2.13.